The fourth-order valence-electron chi connectivity index (χ4n) is 1.75. The molecule has 0 saturated carbocycles. The van der Waals surface area contributed by atoms with Crippen molar-refractivity contribution in [3.63, 3.8) is 0 Å². The molecule has 0 radical (unpaired) electrons. The second-order valence-corrected chi connectivity index (χ2v) is 6.69. The average molecular weight is 305 g/mol. The van der Waals surface area contributed by atoms with Crippen molar-refractivity contribution in [2.45, 2.75) is 17.1 Å². The van der Waals surface area contributed by atoms with E-state index in [4.69, 9.17) is 5.73 Å². The number of nitrogen functional groups attached to an aromatic ring is 1. The van der Waals surface area contributed by atoms with Crippen molar-refractivity contribution in [2.24, 2.45) is 0 Å². The minimum atomic E-state index is -3.87. The molecule has 2 rings (SSSR count). The molecule has 0 aliphatic heterocycles. The number of para-hydroxylation sites is 1. The highest BCUT2D eigenvalue weighted by molar-refractivity contribution is 7.93. The van der Waals surface area contributed by atoms with Crippen LogP contribution in [0.1, 0.15) is 6.92 Å². The van der Waals surface area contributed by atoms with Gasteiger partial charge in [0, 0.05) is 11.9 Å². The molecule has 1 unspecified atom stereocenters. The van der Waals surface area contributed by atoms with Gasteiger partial charge in [-0.2, -0.15) is 0 Å². The molecule has 3 N–H and O–H groups in total. The zero-order valence-corrected chi connectivity index (χ0v) is 12.2. The number of anilines is 2. The lowest BCUT2D eigenvalue weighted by Crippen LogP contribution is -2.33. The molecule has 21 heavy (non-hydrogen) atoms. The molecule has 6 nitrogen and oxygen atoms in total. The van der Waals surface area contributed by atoms with Gasteiger partial charge >= 0.3 is 0 Å². The summed E-state index contributed by atoms with van der Waals surface area (Å²) in [6.07, 6.45) is 2.57. The van der Waals surface area contributed by atoms with Crippen LogP contribution in [0.15, 0.2) is 53.7 Å². The predicted octanol–water partition coefficient (Wildman–Crippen LogP) is 1.46. The van der Waals surface area contributed by atoms with Gasteiger partial charge in [0.25, 0.3) is 0 Å². The molecule has 1 aromatic heterocycles. The molecule has 0 fully saturated rings. The number of aromatic nitrogens is 1. The number of nitrogens with two attached hydrogens (primary N) is 1. The van der Waals surface area contributed by atoms with E-state index < -0.39 is 21.0 Å². The number of pyridine rings is 1. The lowest BCUT2D eigenvalue weighted by Gasteiger charge is -2.14. The Labute approximate surface area is 122 Å². The summed E-state index contributed by atoms with van der Waals surface area (Å²) in [5.74, 6) is -0.614. The monoisotopic (exact) mass is 305 g/mol. The van der Waals surface area contributed by atoms with Gasteiger partial charge in [0.2, 0.25) is 5.91 Å². The van der Waals surface area contributed by atoms with Gasteiger partial charge in [0.1, 0.15) is 5.25 Å². The first-order valence-electron chi connectivity index (χ1n) is 6.22. The fourth-order valence-corrected chi connectivity index (χ4v) is 3.10. The summed E-state index contributed by atoms with van der Waals surface area (Å²) in [6, 6.07) is 9.94. The summed E-state index contributed by atoms with van der Waals surface area (Å²) in [6.45, 7) is 1.33. The van der Waals surface area contributed by atoms with Crippen LogP contribution in [0.25, 0.3) is 0 Å². The highest BCUT2D eigenvalue weighted by atomic mass is 32.2. The molecule has 1 heterocycles. The summed E-state index contributed by atoms with van der Waals surface area (Å²) in [4.78, 5) is 15.7. The first-order valence-corrected chi connectivity index (χ1v) is 7.77. The lowest BCUT2D eigenvalue weighted by atomic mass is 10.3. The van der Waals surface area contributed by atoms with Gasteiger partial charge in [-0.3, -0.25) is 9.78 Å². The normalized spacial score (nSPS) is 12.6. The summed E-state index contributed by atoms with van der Waals surface area (Å²) >= 11 is 0. The molecule has 110 valence electrons. The van der Waals surface area contributed by atoms with Crippen LogP contribution in [0.2, 0.25) is 0 Å². The maximum Gasteiger partial charge on any atom is 0.242 e. The molecule has 0 aliphatic carbocycles. The molecule has 0 aliphatic rings. The molecular formula is C14H15N3O3S. The Kier molecular flexibility index (Phi) is 4.23. The highest BCUT2D eigenvalue weighted by Crippen LogP contribution is 2.22. The number of hydrogen-bond acceptors (Lipinski definition) is 5. The van der Waals surface area contributed by atoms with Gasteiger partial charge in [0.15, 0.2) is 9.84 Å². The lowest BCUT2D eigenvalue weighted by molar-refractivity contribution is -0.115. The van der Waals surface area contributed by atoms with Crippen LogP contribution in [0, 0.1) is 0 Å². The first-order chi connectivity index (χ1) is 9.93. The number of sulfone groups is 1. The Balaban J connectivity index is 2.25. The van der Waals surface area contributed by atoms with E-state index in [-0.39, 0.29) is 10.6 Å². The van der Waals surface area contributed by atoms with E-state index in [9.17, 15) is 13.2 Å². The maximum atomic E-state index is 12.4. The van der Waals surface area contributed by atoms with E-state index in [0.717, 1.165) is 0 Å². The minimum absolute atomic E-state index is 0.0249. The van der Waals surface area contributed by atoms with Crippen molar-refractivity contribution in [1.82, 2.24) is 4.98 Å². The smallest absolute Gasteiger partial charge is 0.242 e. The van der Waals surface area contributed by atoms with Gasteiger partial charge in [-0.15, -0.1) is 0 Å². The molecule has 1 atom stereocenters. The van der Waals surface area contributed by atoms with Crippen molar-refractivity contribution >= 4 is 27.1 Å². The molecule has 1 aromatic carbocycles. The quantitative estimate of drug-likeness (QED) is 0.890. The topological polar surface area (TPSA) is 102 Å². The molecule has 2 aromatic rings. The van der Waals surface area contributed by atoms with Gasteiger partial charge in [0.05, 0.1) is 16.8 Å². The number of hydrogen-bond donors (Lipinski definition) is 2. The molecule has 1 amide bonds. The van der Waals surface area contributed by atoms with Crippen molar-refractivity contribution in [1.29, 1.82) is 0 Å². The molecule has 0 spiro atoms. The van der Waals surface area contributed by atoms with Crippen LogP contribution >= 0.6 is 0 Å². The standard InChI is InChI=1S/C14H15N3O3S/c1-10(14(18)17-11-5-3-2-4-6-11)21(19,20)13-7-8-16-9-12(13)15/h2-10H,15H2,1H3,(H,17,18). The third kappa shape index (κ3) is 3.19. The van der Waals surface area contributed by atoms with Crippen LogP contribution in [0.4, 0.5) is 11.4 Å². The van der Waals surface area contributed by atoms with Crippen LogP contribution in [0.3, 0.4) is 0 Å². The Hall–Kier alpha value is -2.41. The summed E-state index contributed by atoms with van der Waals surface area (Å²) in [7, 11) is -3.87. The van der Waals surface area contributed by atoms with Crippen molar-refractivity contribution < 1.29 is 13.2 Å². The van der Waals surface area contributed by atoms with Crippen molar-refractivity contribution in [2.75, 3.05) is 11.1 Å². The Morgan fingerprint density at radius 3 is 2.52 bits per heavy atom. The maximum absolute atomic E-state index is 12.4. The van der Waals surface area contributed by atoms with Crippen LogP contribution in [0.5, 0.6) is 0 Å². The van der Waals surface area contributed by atoms with E-state index in [1.807, 2.05) is 0 Å². The van der Waals surface area contributed by atoms with E-state index in [0.29, 0.717) is 5.69 Å². The minimum Gasteiger partial charge on any atom is -0.396 e. The number of benzene rings is 1. The third-order valence-electron chi connectivity index (χ3n) is 2.99. The van der Waals surface area contributed by atoms with Crippen molar-refractivity contribution in [3.05, 3.63) is 48.8 Å². The molecular weight excluding hydrogens is 290 g/mol. The van der Waals surface area contributed by atoms with Crippen LogP contribution in [-0.4, -0.2) is 24.6 Å². The SMILES string of the molecule is CC(C(=O)Nc1ccccc1)S(=O)(=O)c1ccncc1N. The third-order valence-corrected chi connectivity index (χ3v) is 5.12. The average Bonchev–Trinajstić information content (AvgIpc) is 2.47. The largest absolute Gasteiger partial charge is 0.396 e. The Bertz CT molecular complexity index is 745. The van der Waals surface area contributed by atoms with E-state index in [1.54, 1.807) is 30.3 Å². The second-order valence-electron chi connectivity index (χ2n) is 4.46. The predicted molar refractivity (Wildman–Crippen MR) is 80.4 cm³/mol. The van der Waals surface area contributed by atoms with E-state index >= 15 is 0 Å². The van der Waals surface area contributed by atoms with Gasteiger partial charge in [-0.25, -0.2) is 8.42 Å². The fraction of sp³-hybridized carbons (Fsp3) is 0.143. The summed E-state index contributed by atoms with van der Waals surface area (Å²) in [5.41, 5.74) is 6.18. The second kappa shape index (κ2) is 5.92. The van der Waals surface area contributed by atoms with Crippen molar-refractivity contribution in [3.8, 4) is 0 Å². The van der Waals surface area contributed by atoms with E-state index in [1.165, 1.54) is 25.4 Å². The van der Waals surface area contributed by atoms with Crippen LogP contribution < -0.4 is 11.1 Å². The molecule has 0 saturated heterocycles. The van der Waals surface area contributed by atoms with Gasteiger partial charge < -0.3 is 11.1 Å². The first kappa shape index (κ1) is 15.0. The Morgan fingerprint density at radius 2 is 1.90 bits per heavy atom. The zero-order valence-electron chi connectivity index (χ0n) is 11.4. The number of nitrogens with zero attached hydrogens (tertiary/aromatic N) is 1. The summed E-state index contributed by atoms with van der Waals surface area (Å²) in [5, 5.41) is 1.30. The summed E-state index contributed by atoms with van der Waals surface area (Å²) < 4.78 is 24.8. The van der Waals surface area contributed by atoms with Gasteiger partial charge in [-0.05, 0) is 25.1 Å². The zero-order chi connectivity index (χ0) is 15.5. The molecule has 7 heteroatoms. The van der Waals surface area contributed by atoms with E-state index in [2.05, 4.69) is 10.3 Å². The Morgan fingerprint density at radius 1 is 1.24 bits per heavy atom. The number of nitrogens with one attached hydrogen (secondary N) is 1. The van der Waals surface area contributed by atoms with Gasteiger partial charge in [-0.1, -0.05) is 18.2 Å². The number of carbonyl (C=O) groups is 1. The number of carbonyl (C=O) groups excluding carboxylic acids is 1. The van der Waals surface area contributed by atoms with Crippen LogP contribution in [-0.2, 0) is 14.6 Å². The number of amides is 1. The highest BCUT2D eigenvalue weighted by Gasteiger charge is 2.31. The number of rotatable bonds is 4. The molecule has 0 bridgehead atoms.